The van der Waals surface area contributed by atoms with Crippen molar-refractivity contribution in [2.24, 2.45) is 5.11 Å². The quantitative estimate of drug-likeness (QED) is 0.0457. The second-order valence-electron chi connectivity index (χ2n) is 10.4. The highest BCUT2D eigenvalue weighted by molar-refractivity contribution is 7.52. The van der Waals surface area contributed by atoms with Crippen LogP contribution >= 0.6 is 7.75 Å². The number of unbranched alkanes of at least 4 members (excludes halogenated alkanes) is 3. The number of aliphatic hydroxyl groups excluding tert-OH is 2. The van der Waals surface area contributed by atoms with Crippen molar-refractivity contribution < 1.29 is 42.5 Å². The van der Waals surface area contributed by atoms with Gasteiger partial charge in [-0.2, -0.15) is 9.48 Å². The van der Waals surface area contributed by atoms with Crippen LogP contribution in [0.25, 0.3) is 21.2 Å². The zero-order chi connectivity index (χ0) is 33.4. The van der Waals surface area contributed by atoms with Crippen LogP contribution in [0.2, 0.25) is 0 Å². The van der Waals surface area contributed by atoms with Crippen LogP contribution in [-0.2, 0) is 23.4 Å². The maximum atomic E-state index is 14.5. The SMILES string of the molecule is CCCCCCOC(=O)[C@H](C)NP(=O)(OC[C@H]1O[C@@H](n2c(N=[N+]=[N-])c(F)c(=O)[nH]c2=O)[C@H](O)[C@@H]1O)Oc1cccc2ccccc12. The molecule has 1 unspecified atom stereocenters. The molecular weight excluding hydrogens is 630 g/mol. The van der Waals surface area contributed by atoms with Gasteiger partial charge in [0.25, 0.3) is 5.56 Å². The van der Waals surface area contributed by atoms with Crippen molar-refractivity contribution in [2.75, 3.05) is 13.2 Å². The number of carbonyl (C=O) groups is 1. The number of hydrogen-bond donors (Lipinski definition) is 4. The third-order valence-corrected chi connectivity index (χ3v) is 8.75. The minimum absolute atomic E-state index is 0.133. The van der Waals surface area contributed by atoms with E-state index in [9.17, 15) is 33.6 Å². The average molecular weight is 665 g/mol. The number of halogens is 1. The smallest absolute Gasteiger partial charge is 0.459 e. The van der Waals surface area contributed by atoms with E-state index in [0.717, 1.165) is 24.6 Å². The van der Waals surface area contributed by atoms with E-state index in [4.69, 9.17) is 24.1 Å². The monoisotopic (exact) mass is 664 g/mol. The minimum Gasteiger partial charge on any atom is -0.465 e. The first kappa shape index (κ1) is 34.8. The molecule has 18 heteroatoms. The number of aromatic amines is 1. The Labute approximate surface area is 261 Å². The molecule has 3 aromatic rings. The lowest BCUT2D eigenvalue weighted by Crippen LogP contribution is -2.39. The summed E-state index contributed by atoms with van der Waals surface area (Å²) in [5.74, 6) is -3.32. The molecule has 1 aliphatic heterocycles. The van der Waals surface area contributed by atoms with Crippen LogP contribution in [0.3, 0.4) is 0 Å². The van der Waals surface area contributed by atoms with E-state index in [2.05, 4.69) is 15.1 Å². The lowest BCUT2D eigenvalue weighted by atomic mass is 10.1. The van der Waals surface area contributed by atoms with E-state index in [-0.39, 0.29) is 12.4 Å². The normalized spacial score (nSPS) is 21.3. The second-order valence-corrected chi connectivity index (χ2v) is 12.1. The van der Waals surface area contributed by atoms with Crippen molar-refractivity contribution in [2.45, 2.75) is 70.1 Å². The summed E-state index contributed by atoms with van der Waals surface area (Å²) in [6.45, 7) is 2.85. The zero-order valence-corrected chi connectivity index (χ0v) is 25.8. The van der Waals surface area contributed by atoms with Crippen LogP contribution in [-0.4, -0.2) is 63.3 Å². The Kier molecular flexibility index (Phi) is 11.7. The van der Waals surface area contributed by atoms with Crippen LogP contribution in [0.1, 0.15) is 45.8 Å². The number of carbonyl (C=O) groups excluding carboxylic acids is 1. The molecule has 1 fully saturated rings. The highest BCUT2D eigenvalue weighted by Gasteiger charge is 2.47. The predicted octanol–water partition coefficient (Wildman–Crippen LogP) is 3.70. The van der Waals surface area contributed by atoms with Gasteiger partial charge in [-0.1, -0.05) is 62.6 Å². The lowest BCUT2D eigenvalue weighted by Gasteiger charge is -2.25. The molecule has 2 aromatic carbocycles. The summed E-state index contributed by atoms with van der Waals surface area (Å²) in [4.78, 5) is 41.0. The molecule has 1 saturated heterocycles. The minimum atomic E-state index is -4.51. The Hall–Kier alpha value is -4.08. The molecule has 16 nitrogen and oxygen atoms in total. The molecule has 248 valence electrons. The number of rotatable bonds is 15. The Bertz CT molecular complexity index is 1760. The molecular formula is C28H34FN6O10P. The number of ether oxygens (including phenoxy) is 2. The van der Waals surface area contributed by atoms with Gasteiger partial charge in [-0.3, -0.25) is 23.7 Å². The van der Waals surface area contributed by atoms with Gasteiger partial charge >= 0.3 is 19.4 Å². The van der Waals surface area contributed by atoms with Crippen LogP contribution in [0.15, 0.2) is 57.2 Å². The van der Waals surface area contributed by atoms with E-state index in [1.807, 2.05) is 6.92 Å². The zero-order valence-electron chi connectivity index (χ0n) is 24.9. The predicted molar refractivity (Wildman–Crippen MR) is 162 cm³/mol. The molecule has 0 saturated carbocycles. The molecule has 6 atom stereocenters. The molecule has 0 radical (unpaired) electrons. The number of hydrogen-bond acceptors (Lipinski definition) is 11. The highest BCUT2D eigenvalue weighted by Crippen LogP contribution is 2.47. The van der Waals surface area contributed by atoms with Crippen molar-refractivity contribution in [1.82, 2.24) is 14.6 Å². The number of nitrogens with zero attached hydrogens (tertiary/aromatic N) is 4. The van der Waals surface area contributed by atoms with E-state index in [1.165, 1.54) is 13.0 Å². The molecule has 1 aliphatic rings. The Morgan fingerprint density at radius 3 is 2.67 bits per heavy atom. The fourth-order valence-electron chi connectivity index (χ4n) is 4.75. The van der Waals surface area contributed by atoms with Gasteiger partial charge in [0.1, 0.15) is 30.1 Å². The maximum Gasteiger partial charge on any atom is 0.459 e. The van der Waals surface area contributed by atoms with Crippen LogP contribution < -0.4 is 20.9 Å². The van der Waals surface area contributed by atoms with Gasteiger partial charge < -0.3 is 24.2 Å². The third kappa shape index (κ3) is 8.00. The van der Waals surface area contributed by atoms with Gasteiger partial charge in [-0.25, -0.2) is 9.36 Å². The number of fused-ring (bicyclic) bond motifs is 1. The summed E-state index contributed by atoms with van der Waals surface area (Å²) in [6, 6.07) is 10.9. The van der Waals surface area contributed by atoms with Crippen molar-refractivity contribution in [3.63, 3.8) is 0 Å². The van der Waals surface area contributed by atoms with Crippen molar-refractivity contribution in [1.29, 1.82) is 0 Å². The lowest BCUT2D eigenvalue weighted by molar-refractivity contribution is -0.145. The summed E-state index contributed by atoms with van der Waals surface area (Å²) in [6.07, 6.45) is -3.63. The van der Waals surface area contributed by atoms with Gasteiger partial charge in [-0.05, 0) is 35.4 Å². The maximum absolute atomic E-state index is 14.5. The fraction of sp³-hybridized carbons (Fsp3) is 0.464. The Morgan fingerprint density at radius 2 is 1.93 bits per heavy atom. The number of esters is 1. The van der Waals surface area contributed by atoms with Gasteiger partial charge in [0.15, 0.2) is 12.0 Å². The first-order chi connectivity index (χ1) is 22.0. The number of nitrogens with one attached hydrogen (secondary N) is 2. The number of azide groups is 1. The highest BCUT2D eigenvalue weighted by atomic mass is 31.2. The number of aliphatic hydroxyl groups is 2. The molecule has 0 amide bonds. The molecule has 0 spiro atoms. The molecule has 0 aliphatic carbocycles. The number of H-pyrrole nitrogens is 1. The van der Waals surface area contributed by atoms with Crippen molar-refractivity contribution in [3.8, 4) is 5.75 Å². The Morgan fingerprint density at radius 1 is 1.20 bits per heavy atom. The molecule has 1 aromatic heterocycles. The van der Waals surface area contributed by atoms with Gasteiger partial charge in [0, 0.05) is 10.3 Å². The van der Waals surface area contributed by atoms with Gasteiger partial charge in [0.05, 0.1) is 13.2 Å². The van der Waals surface area contributed by atoms with Crippen LogP contribution in [0.4, 0.5) is 10.2 Å². The average Bonchev–Trinajstić information content (AvgIpc) is 3.31. The standard InChI is InChI=1S/C28H34FN6O10P/c1-3-4-5-8-14-42-27(39)16(2)33-46(41,45-19-13-9-11-17-10-6-7-12-18(17)19)43-15-20-22(36)23(37)26(44-20)35-24(32-34-30)21(29)25(38)31-28(35)40/h6-7,9-13,16,20,22-23,26,36-37H,3-5,8,14-15H2,1-2H3,(H,33,41)(H,31,38,40)/t16-,20+,22+,23+,26+,46?/m0/s1. The van der Waals surface area contributed by atoms with Crippen LogP contribution in [0.5, 0.6) is 5.75 Å². The Balaban J connectivity index is 1.57. The van der Waals surface area contributed by atoms with E-state index in [0.29, 0.717) is 16.4 Å². The molecule has 2 heterocycles. The second kappa shape index (κ2) is 15.5. The first-order valence-corrected chi connectivity index (χ1v) is 16.0. The largest absolute Gasteiger partial charge is 0.465 e. The molecule has 4 N–H and O–H groups in total. The number of aromatic nitrogens is 2. The summed E-state index contributed by atoms with van der Waals surface area (Å²) in [5.41, 5.74) is 6.03. The van der Waals surface area contributed by atoms with Crippen LogP contribution in [0, 0.1) is 5.82 Å². The summed E-state index contributed by atoms with van der Waals surface area (Å²) >= 11 is 0. The first-order valence-electron chi connectivity index (χ1n) is 14.5. The van der Waals surface area contributed by atoms with Crippen molar-refractivity contribution in [3.05, 3.63) is 79.6 Å². The van der Waals surface area contributed by atoms with E-state index < -0.39 is 73.8 Å². The van der Waals surface area contributed by atoms with E-state index in [1.54, 1.807) is 41.4 Å². The fourth-order valence-corrected chi connectivity index (χ4v) is 6.27. The van der Waals surface area contributed by atoms with E-state index >= 15 is 0 Å². The summed E-state index contributed by atoms with van der Waals surface area (Å²) in [7, 11) is -4.51. The summed E-state index contributed by atoms with van der Waals surface area (Å²) in [5, 5.41) is 28.3. The molecule has 0 bridgehead atoms. The van der Waals surface area contributed by atoms with Crippen molar-refractivity contribution >= 4 is 30.3 Å². The summed E-state index contributed by atoms with van der Waals surface area (Å²) < 4.78 is 51.3. The van der Waals surface area contributed by atoms with Gasteiger partial charge in [-0.15, -0.1) is 0 Å². The number of benzene rings is 2. The third-order valence-electron chi connectivity index (χ3n) is 7.12. The molecule has 46 heavy (non-hydrogen) atoms. The topological polar surface area (TPSA) is 227 Å². The van der Waals surface area contributed by atoms with Gasteiger partial charge in [0.2, 0.25) is 5.82 Å². The molecule has 4 rings (SSSR count).